The molecule has 0 aliphatic heterocycles. The summed E-state index contributed by atoms with van der Waals surface area (Å²) < 4.78 is 1.87. The van der Waals surface area contributed by atoms with Crippen molar-refractivity contribution in [3.63, 3.8) is 0 Å². The Morgan fingerprint density at radius 2 is 2.05 bits per heavy atom. The highest BCUT2D eigenvalue weighted by Gasteiger charge is 2.09. The number of hydrogen-bond acceptors (Lipinski definition) is 3. The van der Waals surface area contributed by atoms with Gasteiger partial charge in [0, 0.05) is 17.0 Å². The van der Waals surface area contributed by atoms with Gasteiger partial charge in [0.1, 0.15) is 5.01 Å². The van der Waals surface area contributed by atoms with Gasteiger partial charge in [-0.25, -0.2) is 9.50 Å². The van der Waals surface area contributed by atoms with Gasteiger partial charge in [-0.2, -0.15) is 5.10 Å². The van der Waals surface area contributed by atoms with E-state index in [1.807, 2.05) is 35.0 Å². The van der Waals surface area contributed by atoms with Crippen molar-refractivity contribution in [1.29, 1.82) is 0 Å². The number of aromatic nitrogens is 3. The summed E-state index contributed by atoms with van der Waals surface area (Å²) in [6.07, 6.45) is 5.39. The zero-order valence-electron chi connectivity index (χ0n) is 10.6. The number of aryl methyl sites for hydroxylation is 1. The molecule has 0 saturated carbocycles. The Bertz CT molecular complexity index is 653. The van der Waals surface area contributed by atoms with E-state index in [0.717, 1.165) is 32.7 Å². The number of unbranched alkanes of at least 4 members (excludes halogenated alkanes) is 1. The maximum Gasteiger partial charge on any atom is 0.212 e. The molecule has 5 heteroatoms. The average molecular weight is 292 g/mol. The molecule has 3 nitrogen and oxygen atoms in total. The molecule has 0 aliphatic carbocycles. The molecule has 0 spiro atoms. The number of rotatable bonds is 4. The molecule has 0 unspecified atom stereocenters. The minimum Gasteiger partial charge on any atom is -0.217 e. The molecule has 0 radical (unpaired) electrons. The van der Waals surface area contributed by atoms with Crippen molar-refractivity contribution in [3.8, 4) is 11.3 Å². The van der Waals surface area contributed by atoms with E-state index in [4.69, 9.17) is 11.6 Å². The number of fused-ring (bicyclic) bond motifs is 1. The van der Waals surface area contributed by atoms with Gasteiger partial charge in [0.2, 0.25) is 4.96 Å². The summed E-state index contributed by atoms with van der Waals surface area (Å²) >= 11 is 7.56. The minimum atomic E-state index is 0.741. The van der Waals surface area contributed by atoms with Gasteiger partial charge in [0.25, 0.3) is 0 Å². The Labute approximate surface area is 120 Å². The van der Waals surface area contributed by atoms with Crippen LogP contribution >= 0.6 is 22.9 Å². The quantitative estimate of drug-likeness (QED) is 0.711. The molecule has 0 N–H and O–H groups in total. The Kier molecular flexibility index (Phi) is 3.53. The first-order chi connectivity index (χ1) is 9.26. The fourth-order valence-corrected chi connectivity index (χ4v) is 2.97. The number of halogens is 1. The van der Waals surface area contributed by atoms with Crippen molar-refractivity contribution in [2.45, 2.75) is 26.2 Å². The lowest BCUT2D eigenvalue weighted by atomic mass is 10.2. The van der Waals surface area contributed by atoms with Crippen LogP contribution in [-0.2, 0) is 6.42 Å². The van der Waals surface area contributed by atoms with Crippen LogP contribution in [0.2, 0.25) is 5.02 Å². The maximum atomic E-state index is 5.89. The summed E-state index contributed by atoms with van der Waals surface area (Å²) in [5.41, 5.74) is 2.01. The predicted octanol–water partition coefficient (Wildman–Crippen LogP) is 4.45. The molecule has 0 saturated heterocycles. The summed E-state index contributed by atoms with van der Waals surface area (Å²) in [7, 11) is 0. The maximum absolute atomic E-state index is 5.89. The van der Waals surface area contributed by atoms with Crippen LogP contribution in [0, 0.1) is 0 Å². The van der Waals surface area contributed by atoms with Crippen LogP contribution < -0.4 is 0 Å². The number of hydrogen-bond donors (Lipinski definition) is 0. The van der Waals surface area contributed by atoms with Crippen LogP contribution in [0.15, 0.2) is 30.5 Å². The third-order valence-electron chi connectivity index (χ3n) is 2.97. The molecule has 98 valence electrons. The zero-order chi connectivity index (χ0) is 13.2. The van der Waals surface area contributed by atoms with Gasteiger partial charge in [0.05, 0.1) is 11.9 Å². The molecule has 0 fully saturated rings. The van der Waals surface area contributed by atoms with Gasteiger partial charge in [-0.3, -0.25) is 0 Å². The molecule has 0 aliphatic rings. The Balaban J connectivity index is 1.90. The third kappa shape index (κ3) is 2.65. The molecule has 3 aromatic rings. The lowest BCUT2D eigenvalue weighted by Gasteiger charge is -1.95. The molecule has 0 bridgehead atoms. The fourth-order valence-electron chi connectivity index (χ4n) is 1.93. The van der Waals surface area contributed by atoms with Crippen LogP contribution in [0.1, 0.15) is 24.8 Å². The molecule has 2 aromatic heterocycles. The lowest BCUT2D eigenvalue weighted by Crippen LogP contribution is -1.86. The van der Waals surface area contributed by atoms with Crippen LogP contribution in [0.25, 0.3) is 16.2 Å². The van der Waals surface area contributed by atoms with Gasteiger partial charge in [0.15, 0.2) is 0 Å². The smallest absolute Gasteiger partial charge is 0.212 e. The van der Waals surface area contributed by atoms with Crippen molar-refractivity contribution in [2.75, 3.05) is 0 Å². The van der Waals surface area contributed by atoms with E-state index in [-0.39, 0.29) is 0 Å². The predicted molar refractivity (Wildman–Crippen MR) is 79.9 cm³/mol. The summed E-state index contributed by atoms with van der Waals surface area (Å²) in [6.45, 7) is 2.19. The Morgan fingerprint density at radius 1 is 1.26 bits per heavy atom. The fraction of sp³-hybridized carbons (Fsp3) is 0.286. The third-order valence-corrected chi connectivity index (χ3v) is 4.20. The normalized spacial score (nSPS) is 11.3. The summed E-state index contributed by atoms with van der Waals surface area (Å²) in [5, 5.41) is 6.46. The first kappa shape index (κ1) is 12.6. The van der Waals surface area contributed by atoms with E-state index >= 15 is 0 Å². The van der Waals surface area contributed by atoms with E-state index in [1.54, 1.807) is 11.3 Å². The van der Waals surface area contributed by atoms with Gasteiger partial charge in [-0.15, -0.1) is 0 Å². The summed E-state index contributed by atoms with van der Waals surface area (Å²) in [4.78, 5) is 5.57. The van der Waals surface area contributed by atoms with Crippen molar-refractivity contribution < 1.29 is 0 Å². The van der Waals surface area contributed by atoms with Gasteiger partial charge in [-0.05, 0) is 18.6 Å². The van der Waals surface area contributed by atoms with E-state index < -0.39 is 0 Å². The summed E-state index contributed by atoms with van der Waals surface area (Å²) in [5.74, 6) is 0. The van der Waals surface area contributed by atoms with E-state index in [9.17, 15) is 0 Å². The molecule has 1 aromatic carbocycles. The standard InChI is InChI=1S/C14H14ClN3S/c1-2-3-4-13-17-18-9-12(16-14(18)19-13)10-5-7-11(15)8-6-10/h5-9H,2-4H2,1H3. The Hall–Kier alpha value is -1.39. The minimum absolute atomic E-state index is 0.741. The second kappa shape index (κ2) is 5.31. The molecule has 3 rings (SSSR count). The van der Waals surface area contributed by atoms with Crippen LogP contribution in [0.3, 0.4) is 0 Å². The van der Waals surface area contributed by atoms with Crippen molar-refractivity contribution in [1.82, 2.24) is 14.6 Å². The molecule has 0 atom stereocenters. The van der Waals surface area contributed by atoms with Crippen LogP contribution in [0.5, 0.6) is 0 Å². The van der Waals surface area contributed by atoms with Crippen molar-refractivity contribution >= 4 is 27.9 Å². The second-order valence-corrected chi connectivity index (χ2v) is 5.94. The van der Waals surface area contributed by atoms with Crippen LogP contribution in [0.4, 0.5) is 0 Å². The van der Waals surface area contributed by atoms with E-state index in [1.165, 1.54) is 12.8 Å². The molecular formula is C14H14ClN3S. The average Bonchev–Trinajstić information content (AvgIpc) is 2.95. The van der Waals surface area contributed by atoms with Crippen molar-refractivity contribution in [2.24, 2.45) is 0 Å². The van der Waals surface area contributed by atoms with Gasteiger partial charge < -0.3 is 0 Å². The first-order valence-electron chi connectivity index (χ1n) is 6.37. The Morgan fingerprint density at radius 3 is 2.74 bits per heavy atom. The largest absolute Gasteiger partial charge is 0.217 e. The molecular weight excluding hydrogens is 278 g/mol. The molecule has 19 heavy (non-hydrogen) atoms. The highest BCUT2D eigenvalue weighted by atomic mass is 35.5. The number of nitrogens with zero attached hydrogens (tertiary/aromatic N) is 3. The second-order valence-electron chi connectivity index (χ2n) is 4.46. The SMILES string of the molecule is CCCCc1nn2cc(-c3ccc(Cl)cc3)nc2s1. The zero-order valence-corrected chi connectivity index (χ0v) is 12.2. The van der Waals surface area contributed by atoms with Crippen molar-refractivity contribution in [3.05, 3.63) is 40.5 Å². The number of imidazole rings is 1. The van der Waals surface area contributed by atoms with Gasteiger partial charge >= 0.3 is 0 Å². The summed E-state index contributed by atoms with van der Waals surface area (Å²) in [6, 6.07) is 7.72. The van der Waals surface area contributed by atoms with E-state index in [0.29, 0.717) is 0 Å². The lowest BCUT2D eigenvalue weighted by molar-refractivity contribution is 0.770. The highest BCUT2D eigenvalue weighted by Crippen LogP contribution is 2.24. The van der Waals surface area contributed by atoms with Gasteiger partial charge in [-0.1, -0.05) is 48.4 Å². The first-order valence-corrected chi connectivity index (χ1v) is 7.57. The molecule has 0 amide bonds. The van der Waals surface area contributed by atoms with E-state index in [2.05, 4.69) is 17.0 Å². The highest BCUT2D eigenvalue weighted by molar-refractivity contribution is 7.16. The molecule has 2 heterocycles. The van der Waals surface area contributed by atoms with Crippen LogP contribution in [-0.4, -0.2) is 14.6 Å². The monoisotopic (exact) mass is 291 g/mol. The topological polar surface area (TPSA) is 30.2 Å². The number of benzene rings is 1.